The highest BCUT2D eigenvalue weighted by atomic mass is 16.1. The molecular formula is C18H21N5O. The van der Waals surface area contributed by atoms with E-state index in [4.69, 9.17) is 0 Å². The first-order valence-electron chi connectivity index (χ1n) is 8.44. The van der Waals surface area contributed by atoms with Gasteiger partial charge in [0.15, 0.2) is 5.78 Å². The van der Waals surface area contributed by atoms with Crippen LogP contribution < -0.4 is 0 Å². The maximum atomic E-state index is 12.8. The summed E-state index contributed by atoms with van der Waals surface area (Å²) in [7, 11) is 0. The summed E-state index contributed by atoms with van der Waals surface area (Å²) in [6, 6.07) is 8.16. The molecule has 6 nitrogen and oxygen atoms in total. The molecule has 0 amide bonds. The van der Waals surface area contributed by atoms with Gasteiger partial charge in [-0.3, -0.25) is 9.69 Å². The number of ketones is 1. The molecule has 0 spiro atoms. The number of likely N-dealkylation sites (tertiary alicyclic amines) is 1. The van der Waals surface area contributed by atoms with Crippen molar-refractivity contribution in [2.45, 2.75) is 31.8 Å². The van der Waals surface area contributed by atoms with Crippen molar-refractivity contribution in [3.05, 3.63) is 48.7 Å². The second-order valence-corrected chi connectivity index (χ2v) is 6.36. The van der Waals surface area contributed by atoms with Crippen LogP contribution in [-0.4, -0.2) is 43.5 Å². The fraction of sp³-hybridized carbons (Fsp3) is 0.389. The van der Waals surface area contributed by atoms with Crippen molar-refractivity contribution in [3.63, 3.8) is 0 Å². The summed E-state index contributed by atoms with van der Waals surface area (Å²) in [5.41, 5.74) is 2.33. The van der Waals surface area contributed by atoms with Gasteiger partial charge in [-0.05, 0) is 24.6 Å². The molecule has 0 radical (unpaired) electrons. The predicted molar refractivity (Wildman–Crippen MR) is 91.6 cm³/mol. The highest BCUT2D eigenvalue weighted by Gasteiger charge is 2.36. The molecule has 24 heavy (non-hydrogen) atoms. The van der Waals surface area contributed by atoms with Crippen molar-refractivity contribution < 1.29 is 4.79 Å². The number of carbonyl (C=O) groups excluding carboxylic acids is 1. The molecule has 1 aromatic carbocycles. The van der Waals surface area contributed by atoms with Crippen molar-refractivity contribution in [3.8, 4) is 0 Å². The van der Waals surface area contributed by atoms with Gasteiger partial charge in [-0.15, -0.1) is 0 Å². The van der Waals surface area contributed by atoms with Gasteiger partial charge in [-0.2, -0.15) is 5.10 Å². The summed E-state index contributed by atoms with van der Waals surface area (Å²) in [6.07, 6.45) is 6.74. The van der Waals surface area contributed by atoms with Crippen LogP contribution in [0.4, 0.5) is 0 Å². The molecule has 124 valence electrons. The normalized spacial score (nSPS) is 22.3. The van der Waals surface area contributed by atoms with Crippen LogP contribution in [0.3, 0.4) is 0 Å². The van der Waals surface area contributed by atoms with Gasteiger partial charge in [0, 0.05) is 36.1 Å². The van der Waals surface area contributed by atoms with Crippen LogP contribution in [0.5, 0.6) is 0 Å². The Bertz CT molecular complexity index is 838. The molecule has 1 saturated heterocycles. The number of Topliss-reactive ketones (excluding diaryl/α,β-unsaturated/α-hetero) is 1. The topological polar surface area (TPSA) is 66.8 Å². The Labute approximate surface area is 140 Å². The van der Waals surface area contributed by atoms with Crippen molar-refractivity contribution >= 4 is 16.7 Å². The number of carbonyl (C=O) groups is 1. The van der Waals surface area contributed by atoms with Crippen molar-refractivity contribution in [2.24, 2.45) is 0 Å². The Morgan fingerprint density at radius 2 is 2.17 bits per heavy atom. The number of hydrogen-bond donors (Lipinski definition) is 1. The van der Waals surface area contributed by atoms with Gasteiger partial charge in [0.2, 0.25) is 0 Å². The lowest BCUT2D eigenvalue weighted by Crippen LogP contribution is -2.44. The monoisotopic (exact) mass is 323 g/mol. The van der Waals surface area contributed by atoms with Gasteiger partial charge in [-0.25, -0.2) is 9.67 Å². The quantitative estimate of drug-likeness (QED) is 0.802. The van der Waals surface area contributed by atoms with E-state index in [-0.39, 0.29) is 17.9 Å². The number of fused-ring (bicyclic) bond motifs is 1. The maximum Gasteiger partial charge on any atom is 0.160 e. The Kier molecular flexibility index (Phi) is 3.90. The highest BCUT2D eigenvalue weighted by molar-refractivity contribution is 5.87. The Morgan fingerprint density at radius 3 is 2.96 bits per heavy atom. The summed E-state index contributed by atoms with van der Waals surface area (Å²) < 4.78 is 1.69. The summed E-state index contributed by atoms with van der Waals surface area (Å²) in [5.74, 6) is 0.225. The second-order valence-electron chi connectivity index (χ2n) is 6.36. The Balaban J connectivity index is 1.69. The number of rotatable bonds is 4. The van der Waals surface area contributed by atoms with Crippen LogP contribution in [0.1, 0.15) is 37.4 Å². The molecule has 1 fully saturated rings. The zero-order valence-corrected chi connectivity index (χ0v) is 13.7. The molecule has 0 bridgehead atoms. The molecule has 2 atom stereocenters. The number of nitrogens with zero attached hydrogens (tertiary/aromatic N) is 4. The molecular weight excluding hydrogens is 302 g/mol. The van der Waals surface area contributed by atoms with E-state index in [1.54, 1.807) is 11.0 Å². The van der Waals surface area contributed by atoms with Gasteiger partial charge in [0.1, 0.15) is 18.7 Å². The van der Waals surface area contributed by atoms with Crippen LogP contribution in [0.25, 0.3) is 10.9 Å². The molecule has 2 aromatic heterocycles. The average Bonchev–Trinajstić information content (AvgIpc) is 3.25. The van der Waals surface area contributed by atoms with Gasteiger partial charge in [0.05, 0.1) is 0 Å². The van der Waals surface area contributed by atoms with E-state index < -0.39 is 0 Å². The van der Waals surface area contributed by atoms with E-state index in [2.05, 4.69) is 45.2 Å². The van der Waals surface area contributed by atoms with Crippen molar-refractivity contribution in [1.29, 1.82) is 0 Å². The zero-order valence-electron chi connectivity index (χ0n) is 13.7. The maximum absolute atomic E-state index is 12.8. The van der Waals surface area contributed by atoms with Gasteiger partial charge >= 0.3 is 0 Å². The van der Waals surface area contributed by atoms with Crippen LogP contribution in [0.15, 0.2) is 43.1 Å². The van der Waals surface area contributed by atoms with Crippen LogP contribution in [0.2, 0.25) is 0 Å². The minimum Gasteiger partial charge on any atom is -0.361 e. The van der Waals surface area contributed by atoms with Gasteiger partial charge in [-0.1, -0.05) is 25.1 Å². The Hall–Kier alpha value is -2.47. The molecule has 1 aliphatic rings. The van der Waals surface area contributed by atoms with Crippen LogP contribution in [-0.2, 0) is 4.79 Å². The van der Waals surface area contributed by atoms with E-state index in [1.807, 2.05) is 12.1 Å². The van der Waals surface area contributed by atoms with Crippen LogP contribution in [0, 0.1) is 0 Å². The van der Waals surface area contributed by atoms with E-state index >= 15 is 0 Å². The van der Waals surface area contributed by atoms with E-state index in [1.165, 1.54) is 17.3 Å². The van der Waals surface area contributed by atoms with E-state index in [0.717, 1.165) is 18.5 Å². The first-order valence-corrected chi connectivity index (χ1v) is 8.44. The van der Waals surface area contributed by atoms with E-state index in [0.29, 0.717) is 13.0 Å². The SMILES string of the molecule is CCCN1CC(n2cncn2)C(=O)CC1c1c[nH]c2ccccc12. The first kappa shape index (κ1) is 15.1. The van der Waals surface area contributed by atoms with Gasteiger partial charge in [0.25, 0.3) is 0 Å². The average molecular weight is 323 g/mol. The largest absolute Gasteiger partial charge is 0.361 e. The summed E-state index contributed by atoms with van der Waals surface area (Å²) >= 11 is 0. The molecule has 1 aliphatic heterocycles. The fourth-order valence-corrected chi connectivity index (χ4v) is 3.73. The third-order valence-corrected chi connectivity index (χ3v) is 4.86. The number of para-hydroxylation sites is 1. The third kappa shape index (κ3) is 2.53. The van der Waals surface area contributed by atoms with Crippen molar-refractivity contribution in [1.82, 2.24) is 24.6 Å². The molecule has 0 aliphatic carbocycles. The standard InChI is InChI=1S/C18H21N5O/c1-2-7-22-10-17(23-12-19-11-21-23)18(24)8-16(22)14-9-20-15-6-4-3-5-13(14)15/h3-6,9,11-12,16-17,20H,2,7-8,10H2,1H3. The molecule has 1 N–H and O–H groups in total. The Morgan fingerprint density at radius 1 is 1.29 bits per heavy atom. The molecule has 3 heterocycles. The first-order chi connectivity index (χ1) is 11.8. The molecule has 2 unspecified atom stereocenters. The molecule has 4 rings (SSSR count). The second kappa shape index (κ2) is 6.20. The predicted octanol–water partition coefficient (Wildman–Crippen LogP) is 2.73. The lowest BCUT2D eigenvalue weighted by atomic mass is 9.91. The molecule has 0 saturated carbocycles. The number of benzene rings is 1. The number of hydrogen-bond acceptors (Lipinski definition) is 4. The number of aromatic amines is 1. The molecule has 6 heteroatoms. The minimum absolute atomic E-state index is 0.119. The third-order valence-electron chi connectivity index (χ3n) is 4.86. The smallest absolute Gasteiger partial charge is 0.160 e. The minimum atomic E-state index is -0.236. The number of aromatic nitrogens is 4. The van der Waals surface area contributed by atoms with Crippen LogP contribution >= 0.6 is 0 Å². The summed E-state index contributed by atoms with van der Waals surface area (Å²) in [5, 5.41) is 5.38. The summed E-state index contributed by atoms with van der Waals surface area (Å²) in [4.78, 5) is 22.5. The number of nitrogens with one attached hydrogen (secondary N) is 1. The lowest BCUT2D eigenvalue weighted by molar-refractivity contribution is -0.128. The number of piperidine rings is 1. The summed E-state index contributed by atoms with van der Waals surface area (Å²) in [6.45, 7) is 3.82. The highest BCUT2D eigenvalue weighted by Crippen LogP contribution is 2.36. The molecule has 3 aromatic rings. The zero-order chi connectivity index (χ0) is 16.5. The fourth-order valence-electron chi connectivity index (χ4n) is 3.73. The van der Waals surface area contributed by atoms with Crippen molar-refractivity contribution in [2.75, 3.05) is 13.1 Å². The lowest BCUT2D eigenvalue weighted by Gasteiger charge is -2.38. The van der Waals surface area contributed by atoms with Gasteiger partial charge < -0.3 is 4.98 Å². The van der Waals surface area contributed by atoms with E-state index in [9.17, 15) is 4.79 Å². The number of H-pyrrole nitrogens is 1.